The lowest BCUT2D eigenvalue weighted by molar-refractivity contribution is -0.275. The number of benzene rings is 2. The van der Waals surface area contributed by atoms with Gasteiger partial charge in [-0.05, 0) is 31.2 Å². The molecule has 154 valence electrons. The Morgan fingerprint density at radius 2 is 1.59 bits per heavy atom. The van der Waals surface area contributed by atoms with Crippen molar-refractivity contribution >= 4 is 15.7 Å². The number of ether oxygens (including phenoxy) is 1. The number of para-hydroxylation sites is 2. The minimum Gasteiger partial charge on any atom is -0.404 e. The third-order valence-electron chi connectivity index (χ3n) is 4.15. The van der Waals surface area contributed by atoms with Crippen LogP contribution in [0.2, 0.25) is 0 Å². The highest BCUT2D eigenvalue weighted by atomic mass is 32.2. The van der Waals surface area contributed by atoms with Crippen LogP contribution in [0.4, 0.5) is 18.9 Å². The molecule has 2 aromatic carbocycles. The fraction of sp³-hybridized carbons (Fsp3) is 0.167. The molecule has 3 aromatic rings. The van der Waals surface area contributed by atoms with Gasteiger partial charge in [-0.3, -0.25) is 14.2 Å². The Bertz CT molecular complexity index is 1200. The lowest BCUT2D eigenvalue weighted by Crippen LogP contribution is -2.24. The van der Waals surface area contributed by atoms with Gasteiger partial charge in [0.15, 0.2) is 0 Å². The molecule has 0 saturated heterocycles. The molecule has 0 amide bonds. The summed E-state index contributed by atoms with van der Waals surface area (Å²) in [4.78, 5) is 12.1. The normalized spacial score (nSPS) is 12.0. The SMILES string of the molecule is Cc1c(NS(=O)(=O)c2ccccc2OC(F)(F)F)c(=O)n(-c2ccccc2)n1C. The van der Waals surface area contributed by atoms with E-state index in [0.29, 0.717) is 5.69 Å². The van der Waals surface area contributed by atoms with E-state index in [4.69, 9.17) is 0 Å². The molecule has 0 aliphatic carbocycles. The summed E-state index contributed by atoms with van der Waals surface area (Å²) in [6.07, 6.45) is -5.08. The van der Waals surface area contributed by atoms with Crippen LogP contribution >= 0.6 is 0 Å². The molecule has 7 nitrogen and oxygen atoms in total. The van der Waals surface area contributed by atoms with Gasteiger partial charge in [0.05, 0.1) is 11.4 Å². The largest absolute Gasteiger partial charge is 0.573 e. The molecule has 0 atom stereocenters. The van der Waals surface area contributed by atoms with Crippen molar-refractivity contribution in [3.05, 3.63) is 70.6 Å². The molecule has 0 unspecified atom stereocenters. The first-order valence-electron chi connectivity index (χ1n) is 8.23. The topological polar surface area (TPSA) is 82.3 Å². The maximum atomic E-state index is 12.8. The molecule has 0 saturated carbocycles. The van der Waals surface area contributed by atoms with Crippen molar-refractivity contribution in [2.75, 3.05) is 4.72 Å². The second-order valence-corrected chi connectivity index (χ2v) is 7.69. The Kier molecular flexibility index (Phi) is 5.18. The lowest BCUT2D eigenvalue weighted by atomic mass is 10.3. The molecule has 0 fully saturated rings. The van der Waals surface area contributed by atoms with Gasteiger partial charge in [-0.1, -0.05) is 30.3 Å². The Balaban J connectivity index is 2.07. The highest BCUT2D eigenvalue weighted by Gasteiger charge is 2.34. The number of hydrogen-bond donors (Lipinski definition) is 1. The first kappa shape index (κ1) is 20.5. The predicted octanol–water partition coefficient (Wildman–Crippen LogP) is 3.18. The van der Waals surface area contributed by atoms with E-state index in [1.54, 1.807) is 37.4 Å². The van der Waals surface area contributed by atoms with Crippen molar-refractivity contribution in [3.63, 3.8) is 0 Å². The molecule has 0 aliphatic heterocycles. The zero-order valence-corrected chi connectivity index (χ0v) is 16.1. The third-order valence-corrected chi connectivity index (χ3v) is 5.54. The molecular weight excluding hydrogens is 411 g/mol. The predicted molar refractivity (Wildman–Crippen MR) is 99.7 cm³/mol. The Morgan fingerprint density at radius 1 is 1.00 bits per heavy atom. The summed E-state index contributed by atoms with van der Waals surface area (Å²) in [5.74, 6) is -0.899. The maximum Gasteiger partial charge on any atom is 0.573 e. The molecule has 0 radical (unpaired) electrons. The number of nitrogens with zero attached hydrogens (tertiary/aromatic N) is 2. The standard InChI is InChI=1S/C18H16F3N3O4S/c1-12-16(17(25)24(23(12)2)13-8-4-3-5-9-13)22-29(26,27)15-11-7-6-10-14(15)28-18(19,20)21/h3-11,22H,1-2H3. The average molecular weight is 427 g/mol. The van der Waals surface area contributed by atoms with Gasteiger partial charge in [-0.25, -0.2) is 13.1 Å². The van der Waals surface area contributed by atoms with Crippen LogP contribution in [0.25, 0.3) is 5.69 Å². The number of rotatable bonds is 5. The maximum absolute atomic E-state index is 12.8. The number of halogens is 3. The van der Waals surface area contributed by atoms with Crippen molar-refractivity contribution in [2.24, 2.45) is 7.05 Å². The van der Waals surface area contributed by atoms with Crippen molar-refractivity contribution < 1.29 is 26.3 Å². The second kappa shape index (κ2) is 7.32. The highest BCUT2D eigenvalue weighted by Crippen LogP contribution is 2.30. The number of anilines is 1. The van der Waals surface area contributed by atoms with E-state index in [-0.39, 0.29) is 11.4 Å². The summed E-state index contributed by atoms with van der Waals surface area (Å²) >= 11 is 0. The monoisotopic (exact) mass is 427 g/mol. The van der Waals surface area contributed by atoms with Crippen molar-refractivity contribution in [2.45, 2.75) is 18.2 Å². The Morgan fingerprint density at radius 3 is 2.21 bits per heavy atom. The molecule has 1 N–H and O–H groups in total. The summed E-state index contributed by atoms with van der Waals surface area (Å²) in [6.45, 7) is 1.51. The van der Waals surface area contributed by atoms with Crippen molar-refractivity contribution in [1.29, 1.82) is 0 Å². The summed E-state index contributed by atoms with van der Waals surface area (Å²) in [6, 6.07) is 12.8. The van der Waals surface area contributed by atoms with Crippen LogP contribution in [0.5, 0.6) is 5.75 Å². The van der Waals surface area contributed by atoms with Crippen LogP contribution < -0.4 is 15.0 Å². The summed E-state index contributed by atoms with van der Waals surface area (Å²) in [5.41, 5.74) is -0.182. The Hall–Kier alpha value is -3.21. The lowest BCUT2D eigenvalue weighted by Gasteiger charge is -2.14. The van der Waals surface area contributed by atoms with Crippen molar-refractivity contribution in [1.82, 2.24) is 9.36 Å². The summed E-state index contributed by atoms with van der Waals surface area (Å²) in [5, 5.41) is 0. The van der Waals surface area contributed by atoms with Crippen LogP contribution in [-0.4, -0.2) is 24.1 Å². The molecule has 1 heterocycles. The minimum absolute atomic E-state index is 0.275. The van der Waals surface area contributed by atoms with Gasteiger partial charge in [-0.2, -0.15) is 0 Å². The number of aromatic nitrogens is 2. The first-order valence-corrected chi connectivity index (χ1v) is 9.71. The molecule has 0 spiro atoms. The quantitative estimate of drug-likeness (QED) is 0.678. The first-order chi connectivity index (χ1) is 13.5. The molecule has 0 aliphatic rings. The van der Waals surface area contributed by atoms with Gasteiger partial charge < -0.3 is 4.74 Å². The minimum atomic E-state index is -5.08. The number of sulfonamides is 1. The van der Waals surface area contributed by atoms with Gasteiger partial charge in [0.2, 0.25) is 0 Å². The molecule has 29 heavy (non-hydrogen) atoms. The van der Waals surface area contributed by atoms with E-state index in [2.05, 4.69) is 9.46 Å². The van der Waals surface area contributed by atoms with Gasteiger partial charge in [0.1, 0.15) is 16.3 Å². The summed E-state index contributed by atoms with van der Waals surface area (Å²) < 4.78 is 71.9. The van der Waals surface area contributed by atoms with Gasteiger partial charge >= 0.3 is 6.36 Å². The third kappa shape index (κ3) is 4.14. The van der Waals surface area contributed by atoms with Crippen LogP contribution in [0.1, 0.15) is 5.69 Å². The highest BCUT2D eigenvalue weighted by molar-refractivity contribution is 7.92. The van der Waals surface area contributed by atoms with E-state index in [0.717, 1.165) is 12.1 Å². The van der Waals surface area contributed by atoms with Gasteiger partial charge in [0, 0.05) is 7.05 Å². The summed E-state index contributed by atoms with van der Waals surface area (Å²) in [7, 11) is -2.99. The zero-order chi connectivity index (χ0) is 21.4. The van der Waals surface area contributed by atoms with E-state index in [1.165, 1.54) is 28.4 Å². The van der Waals surface area contributed by atoms with E-state index >= 15 is 0 Å². The molecular formula is C18H16F3N3O4S. The second-order valence-electron chi connectivity index (χ2n) is 6.04. The number of hydrogen-bond acceptors (Lipinski definition) is 4. The van der Waals surface area contributed by atoms with Gasteiger partial charge in [0.25, 0.3) is 15.6 Å². The van der Waals surface area contributed by atoms with E-state index in [1.807, 2.05) is 0 Å². The van der Waals surface area contributed by atoms with Crippen LogP contribution in [0.3, 0.4) is 0 Å². The number of nitrogens with one attached hydrogen (secondary N) is 1. The van der Waals surface area contributed by atoms with E-state index in [9.17, 15) is 26.4 Å². The molecule has 1 aromatic heterocycles. The fourth-order valence-electron chi connectivity index (χ4n) is 2.76. The zero-order valence-electron chi connectivity index (χ0n) is 15.3. The Labute approximate surface area is 164 Å². The number of alkyl halides is 3. The molecule has 0 bridgehead atoms. The van der Waals surface area contributed by atoms with E-state index < -0.39 is 32.6 Å². The average Bonchev–Trinajstić information content (AvgIpc) is 2.84. The molecule has 3 rings (SSSR count). The fourth-order valence-corrected chi connectivity index (χ4v) is 4.00. The van der Waals surface area contributed by atoms with Crippen LogP contribution in [-0.2, 0) is 17.1 Å². The van der Waals surface area contributed by atoms with Crippen molar-refractivity contribution in [3.8, 4) is 11.4 Å². The van der Waals surface area contributed by atoms with Gasteiger partial charge in [-0.15, -0.1) is 13.2 Å². The van der Waals surface area contributed by atoms with Crippen LogP contribution in [0.15, 0.2) is 64.3 Å². The van der Waals surface area contributed by atoms with Crippen LogP contribution in [0, 0.1) is 6.92 Å². The molecule has 11 heteroatoms. The smallest absolute Gasteiger partial charge is 0.404 e.